The fourth-order valence-corrected chi connectivity index (χ4v) is 6.10. The quantitative estimate of drug-likeness (QED) is 0.439. The van der Waals surface area contributed by atoms with Crippen LogP contribution in [-0.4, -0.2) is 39.6 Å². The maximum atomic E-state index is 13.5. The number of thiocarbonyl (C=S) groups is 1. The first kappa shape index (κ1) is 24.4. The van der Waals surface area contributed by atoms with Gasteiger partial charge in [-0.15, -0.1) is 0 Å². The van der Waals surface area contributed by atoms with Crippen molar-refractivity contribution >= 4 is 46.1 Å². The molecule has 0 saturated carbocycles. The molecule has 1 aromatic carbocycles. The second-order valence-corrected chi connectivity index (χ2v) is 10.7. The predicted molar refractivity (Wildman–Crippen MR) is 143 cm³/mol. The summed E-state index contributed by atoms with van der Waals surface area (Å²) >= 11 is 6.80. The summed E-state index contributed by atoms with van der Waals surface area (Å²) in [4.78, 5) is 30.7. The molecule has 3 aliphatic rings. The van der Waals surface area contributed by atoms with Gasteiger partial charge in [0.15, 0.2) is 11.5 Å². The molecule has 0 radical (unpaired) electrons. The Morgan fingerprint density at radius 3 is 2.58 bits per heavy atom. The molecule has 2 aromatic rings. The maximum Gasteiger partial charge on any atom is 0.270 e. The highest BCUT2D eigenvalue weighted by Crippen LogP contribution is 2.38. The van der Waals surface area contributed by atoms with Gasteiger partial charge in [0.1, 0.15) is 21.8 Å². The lowest BCUT2D eigenvalue weighted by atomic mass is 10.0. The minimum absolute atomic E-state index is 0.0955. The fourth-order valence-electron chi connectivity index (χ4n) is 4.87. The molecular weight excluding hydrogens is 496 g/mol. The smallest absolute Gasteiger partial charge is 0.270 e. The van der Waals surface area contributed by atoms with Crippen molar-refractivity contribution in [2.75, 3.05) is 24.8 Å². The van der Waals surface area contributed by atoms with Crippen molar-refractivity contribution in [2.45, 2.75) is 39.2 Å². The molecule has 0 N–H and O–H groups in total. The molecular formula is C26H26N4O4S2. The maximum absolute atomic E-state index is 13.5. The lowest BCUT2D eigenvalue weighted by Gasteiger charge is -2.28. The first-order valence-electron chi connectivity index (χ1n) is 11.9. The van der Waals surface area contributed by atoms with Crippen molar-refractivity contribution < 1.29 is 14.3 Å². The van der Waals surface area contributed by atoms with Crippen LogP contribution in [0.3, 0.4) is 0 Å². The van der Waals surface area contributed by atoms with Gasteiger partial charge in [-0.2, -0.15) is 5.26 Å². The van der Waals surface area contributed by atoms with Gasteiger partial charge in [-0.25, -0.2) is 0 Å². The number of anilines is 1. The van der Waals surface area contributed by atoms with Crippen LogP contribution in [0.5, 0.6) is 11.5 Å². The Hall–Kier alpha value is -3.29. The molecule has 0 spiro atoms. The third-order valence-electron chi connectivity index (χ3n) is 6.80. The number of aromatic nitrogens is 1. The van der Waals surface area contributed by atoms with Gasteiger partial charge in [0.25, 0.3) is 11.5 Å². The largest absolute Gasteiger partial charge is 0.454 e. The van der Waals surface area contributed by atoms with Gasteiger partial charge in [0.2, 0.25) is 6.79 Å². The van der Waals surface area contributed by atoms with Crippen LogP contribution in [0, 0.1) is 18.3 Å². The number of carbonyl (C=O) groups is 1. The number of thioether (sulfide) groups is 1. The Bertz CT molecular complexity index is 1380. The highest BCUT2D eigenvalue weighted by atomic mass is 32.2. The average Bonchev–Trinajstić information content (AvgIpc) is 3.31. The lowest BCUT2D eigenvalue weighted by molar-refractivity contribution is -0.122. The van der Waals surface area contributed by atoms with E-state index in [1.54, 1.807) is 29.5 Å². The van der Waals surface area contributed by atoms with Crippen LogP contribution in [0.15, 0.2) is 27.9 Å². The van der Waals surface area contributed by atoms with Crippen molar-refractivity contribution in [2.24, 2.45) is 7.05 Å². The third-order valence-corrected chi connectivity index (χ3v) is 8.18. The molecule has 2 fully saturated rings. The number of pyridine rings is 1. The summed E-state index contributed by atoms with van der Waals surface area (Å²) in [6.07, 6.45) is 6.16. The predicted octanol–water partition coefficient (Wildman–Crippen LogP) is 4.08. The zero-order valence-corrected chi connectivity index (χ0v) is 21.8. The summed E-state index contributed by atoms with van der Waals surface area (Å²) in [5.74, 6) is 1.89. The van der Waals surface area contributed by atoms with Gasteiger partial charge in [-0.05, 0) is 49.1 Å². The number of amides is 1. The number of rotatable bonds is 4. The number of nitriles is 1. The minimum atomic E-state index is -0.318. The standard InChI is InChI=1S/C26H26N4O4S2/c1-16-18(23(28(2)24(31)19(16)13-27)29-9-5-3-4-6-10-29)12-22-25(32)30(26(35)36-22)14-17-7-8-20-21(11-17)34-15-33-20/h7-8,11-12H,3-6,9-10,14-15H2,1-2H3. The van der Waals surface area contributed by atoms with Crippen molar-refractivity contribution in [3.63, 3.8) is 0 Å². The number of nitrogens with zero attached hydrogens (tertiary/aromatic N) is 4. The van der Waals surface area contributed by atoms with Crippen LogP contribution in [0.2, 0.25) is 0 Å². The number of carbonyl (C=O) groups excluding carboxylic acids is 1. The summed E-state index contributed by atoms with van der Waals surface area (Å²) in [6.45, 7) is 3.93. The molecule has 1 aromatic heterocycles. The number of ether oxygens (including phenoxy) is 2. The van der Waals surface area contributed by atoms with Gasteiger partial charge < -0.3 is 14.4 Å². The monoisotopic (exact) mass is 522 g/mol. The Balaban J connectivity index is 1.52. The van der Waals surface area contributed by atoms with Crippen molar-refractivity contribution in [3.8, 4) is 17.6 Å². The number of hydrogen-bond donors (Lipinski definition) is 0. The molecule has 8 nitrogen and oxygen atoms in total. The first-order valence-corrected chi connectivity index (χ1v) is 13.1. The van der Waals surface area contributed by atoms with Gasteiger partial charge in [0, 0.05) is 25.7 Å². The van der Waals surface area contributed by atoms with Gasteiger partial charge in [-0.3, -0.25) is 19.1 Å². The molecule has 2 saturated heterocycles. The second kappa shape index (κ2) is 9.99. The van der Waals surface area contributed by atoms with Crippen molar-refractivity contribution in [3.05, 3.63) is 55.7 Å². The van der Waals surface area contributed by atoms with Crippen LogP contribution in [0.4, 0.5) is 5.82 Å². The lowest BCUT2D eigenvalue weighted by Crippen LogP contribution is -2.34. The van der Waals surface area contributed by atoms with Crippen LogP contribution < -0.4 is 19.9 Å². The van der Waals surface area contributed by atoms with E-state index in [9.17, 15) is 14.9 Å². The summed E-state index contributed by atoms with van der Waals surface area (Å²) in [7, 11) is 1.70. The molecule has 4 heterocycles. The highest BCUT2D eigenvalue weighted by molar-refractivity contribution is 8.26. The van der Waals surface area contributed by atoms with E-state index in [4.69, 9.17) is 21.7 Å². The van der Waals surface area contributed by atoms with Crippen LogP contribution >= 0.6 is 24.0 Å². The normalized spacial score (nSPS) is 18.6. The average molecular weight is 523 g/mol. The Morgan fingerprint density at radius 2 is 1.86 bits per heavy atom. The topological polar surface area (TPSA) is 87.8 Å². The van der Waals surface area contributed by atoms with E-state index < -0.39 is 0 Å². The fraction of sp³-hybridized carbons (Fsp3) is 0.385. The number of hydrogen-bond acceptors (Lipinski definition) is 8. The molecule has 10 heteroatoms. The van der Waals surface area contributed by atoms with Gasteiger partial charge in [0.05, 0.1) is 11.4 Å². The molecule has 36 heavy (non-hydrogen) atoms. The molecule has 5 rings (SSSR count). The van der Waals surface area contributed by atoms with E-state index >= 15 is 0 Å². The van der Waals surface area contributed by atoms with E-state index in [1.165, 1.54) is 11.8 Å². The second-order valence-electron chi connectivity index (χ2n) is 9.07. The SMILES string of the molecule is Cc1c(C=C2SC(=S)N(Cc3ccc4c(c3)OCO4)C2=O)c(N2CCCCCC2)n(C)c(=O)c1C#N. The molecule has 186 valence electrons. The van der Waals surface area contributed by atoms with E-state index in [2.05, 4.69) is 11.0 Å². The Labute approximate surface area is 219 Å². The highest BCUT2D eigenvalue weighted by Gasteiger charge is 2.33. The van der Waals surface area contributed by atoms with Crippen LogP contribution in [0.25, 0.3) is 6.08 Å². The summed E-state index contributed by atoms with van der Waals surface area (Å²) in [6, 6.07) is 7.64. The summed E-state index contributed by atoms with van der Waals surface area (Å²) in [5, 5.41) is 9.70. The van der Waals surface area contributed by atoms with Gasteiger partial charge in [-0.1, -0.05) is 42.9 Å². The first-order chi connectivity index (χ1) is 17.4. The van der Waals surface area contributed by atoms with Crippen LogP contribution in [-0.2, 0) is 18.4 Å². The number of fused-ring (bicyclic) bond motifs is 1. The van der Waals surface area contributed by atoms with E-state index in [0.717, 1.165) is 55.7 Å². The minimum Gasteiger partial charge on any atom is -0.454 e. The van der Waals surface area contributed by atoms with E-state index in [1.807, 2.05) is 18.2 Å². The van der Waals surface area contributed by atoms with Gasteiger partial charge >= 0.3 is 0 Å². The molecule has 0 bridgehead atoms. The molecule has 0 atom stereocenters. The zero-order chi connectivity index (χ0) is 25.4. The third kappa shape index (κ3) is 4.38. The number of benzene rings is 1. The van der Waals surface area contributed by atoms with Crippen LogP contribution in [0.1, 0.15) is 47.9 Å². The Morgan fingerprint density at radius 1 is 1.14 bits per heavy atom. The summed E-state index contributed by atoms with van der Waals surface area (Å²) in [5.41, 5.74) is 1.96. The zero-order valence-electron chi connectivity index (χ0n) is 20.2. The summed E-state index contributed by atoms with van der Waals surface area (Å²) < 4.78 is 12.8. The molecule has 0 aliphatic carbocycles. The molecule has 1 amide bonds. The Kier molecular flexibility index (Phi) is 6.77. The van der Waals surface area contributed by atoms with Crippen molar-refractivity contribution in [1.29, 1.82) is 5.26 Å². The molecule has 3 aliphatic heterocycles. The van der Waals surface area contributed by atoms with E-state index in [0.29, 0.717) is 32.8 Å². The molecule has 0 unspecified atom stereocenters. The van der Waals surface area contributed by atoms with Crippen molar-refractivity contribution in [1.82, 2.24) is 9.47 Å². The van der Waals surface area contributed by atoms with E-state index in [-0.39, 0.29) is 23.8 Å².